The highest BCUT2D eigenvalue weighted by Crippen LogP contribution is 1.86. The summed E-state index contributed by atoms with van der Waals surface area (Å²) in [5.41, 5.74) is 0. The molecule has 0 aliphatic rings. The van der Waals surface area contributed by atoms with Crippen molar-refractivity contribution in [3.63, 3.8) is 0 Å². The molecule has 0 bridgehead atoms. The molecule has 104 valence electrons. The molecular formula is C11H24O6. The van der Waals surface area contributed by atoms with Gasteiger partial charge in [0.05, 0.1) is 52.9 Å². The summed E-state index contributed by atoms with van der Waals surface area (Å²) in [6.07, 6.45) is 0.833. The van der Waals surface area contributed by atoms with Crippen LogP contribution in [0.2, 0.25) is 0 Å². The quantitative estimate of drug-likeness (QED) is 0.403. The Balaban J connectivity index is 2.85. The molecule has 0 aromatic rings. The van der Waals surface area contributed by atoms with Gasteiger partial charge < -0.3 is 29.2 Å². The van der Waals surface area contributed by atoms with Crippen molar-refractivity contribution in [2.75, 3.05) is 66.1 Å². The third kappa shape index (κ3) is 15.8. The first-order valence-electron chi connectivity index (χ1n) is 5.94. The maximum Gasteiger partial charge on any atom is 0.0701 e. The van der Waals surface area contributed by atoms with Crippen LogP contribution in [0.15, 0.2) is 0 Å². The smallest absolute Gasteiger partial charge is 0.0701 e. The first kappa shape index (κ1) is 16.8. The van der Waals surface area contributed by atoms with Gasteiger partial charge in [0.2, 0.25) is 0 Å². The lowest BCUT2D eigenvalue weighted by molar-refractivity contribution is 0.0122. The number of hydrogen-bond acceptors (Lipinski definition) is 6. The van der Waals surface area contributed by atoms with Crippen molar-refractivity contribution in [3.8, 4) is 0 Å². The van der Waals surface area contributed by atoms with Gasteiger partial charge in [-0.2, -0.15) is 0 Å². The molecule has 0 heterocycles. The second-order valence-corrected chi connectivity index (χ2v) is 3.25. The average Bonchev–Trinajstić information content (AvgIpc) is 2.35. The summed E-state index contributed by atoms with van der Waals surface area (Å²) in [5.74, 6) is 0. The van der Waals surface area contributed by atoms with E-state index in [1.807, 2.05) is 0 Å². The number of aliphatic hydroxyl groups is 2. The molecule has 0 aromatic heterocycles. The van der Waals surface area contributed by atoms with Gasteiger partial charge in [-0.05, 0) is 6.42 Å². The summed E-state index contributed by atoms with van der Waals surface area (Å²) in [4.78, 5) is 0. The summed E-state index contributed by atoms with van der Waals surface area (Å²) < 4.78 is 20.6. The van der Waals surface area contributed by atoms with Crippen molar-refractivity contribution in [3.05, 3.63) is 0 Å². The largest absolute Gasteiger partial charge is 0.394 e. The lowest BCUT2D eigenvalue weighted by Gasteiger charge is -2.06. The van der Waals surface area contributed by atoms with Gasteiger partial charge in [0, 0.05) is 13.2 Å². The zero-order valence-corrected chi connectivity index (χ0v) is 10.3. The lowest BCUT2D eigenvalue weighted by Crippen LogP contribution is -2.10. The summed E-state index contributed by atoms with van der Waals surface area (Å²) in [6, 6.07) is 0. The maximum absolute atomic E-state index is 8.44. The van der Waals surface area contributed by atoms with Crippen molar-refractivity contribution >= 4 is 0 Å². The lowest BCUT2D eigenvalue weighted by atomic mass is 10.5. The Morgan fingerprint density at radius 1 is 0.471 bits per heavy atom. The Morgan fingerprint density at radius 3 is 1.18 bits per heavy atom. The van der Waals surface area contributed by atoms with Crippen LogP contribution in [0.1, 0.15) is 6.42 Å². The van der Waals surface area contributed by atoms with Gasteiger partial charge in [0.25, 0.3) is 0 Å². The molecule has 0 unspecified atom stereocenters. The predicted molar refractivity (Wildman–Crippen MR) is 62.1 cm³/mol. The minimum absolute atomic E-state index is 0.0478. The number of aliphatic hydroxyl groups excluding tert-OH is 2. The fourth-order valence-electron chi connectivity index (χ4n) is 1.04. The highest BCUT2D eigenvalue weighted by atomic mass is 16.5. The first-order chi connectivity index (χ1) is 8.41. The normalized spacial score (nSPS) is 10.9. The third-order valence-corrected chi connectivity index (χ3v) is 1.79. The fourth-order valence-corrected chi connectivity index (χ4v) is 1.04. The first-order valence-corrected chi connectivity index (χ1v) is 5.94. The monoisotopic (exact) mass is 252 g/mol. The molecule has 2 N–H and O–H groups in total. The Kier molecular flexibility index (Phi) is 15.5. The molecule has 0 saturated heterocycles. The molecule has 0 radical (unpaired) electrons. The summed E-state index contributed by atoms with van der Waals surface area (Å²) in [7, 11) is 0. The maximum atomic E-state index is 8.44. The molecular weight excluding hydrogens is 228 g/mol. The van der Waals surface area contributed by atoms with Crippen molar-refractivity contribution in [2.45, 2.75) is 6.42 Å². The van der Waals surface area contributed by atoms with Crippen LogP contribution in [0, 0.1) is 0 Å². The molecule has 0 saturated carbocycles. The van der Waals surface area contributed by atoms with Crippen LogP contribution < -0.4 is 0 Å². The van der Waals surface area contributed by atoms with Crippen LogP contribution in [0.25, 0.3) is 0 Å². The summed E-state index contributed by atoms with van der Waals surface area (Å²) in [6.45, 7) is 4.20. The molecule has 0 atom stereocenters. The van der Waals surface area contributed by atoms with E-state index >= 15 is 0 Å². The van der Waals surface area contributed by atoms with E-state index < -0.39 is 0 Å². The molecule has 0 fully saturated rings. The van der Waals surface area contributed by atoms with Gasteiger partial charge in [-0.1, -0.05) is 0 Å². The number of hydrogen-bond donors (Lipinski definition) is 2. The van der Waals surface area contributed by atoms with Crippen LogP contribution in [0.3, 0.4) is 0 Å². The SMILES string of the molecule is OCCOCCOCCCOCCOCCO. The van der Waals surface area contributed by atoms with E-state index in [0.29, 0.717) is 52.9 Å². The van der Waals surface area contributed by atoms with Crippen LogP contribution in [0.5, 0.6) is 0 Å². The molecule has 0 spiro atoms. The molecule has 6 nitrogen and oxygen atoms in total. The third-order valence-electron chi connectivity index (χ3n) is 1.79. The van der Waals surface area contributed by atoms with Gasteiger partial charge in [0.1, 0.15) is 0 Å². The van der Waals surface area contributed by atoms with E-state index in [1.54, 1.807) is 0 Å². The standard InChI is InChI=1S/C11H24O6/c12-2-6-16-10-8-14-4-1-5-15-9-11-17-7-3-13/h12-13H,1-11H2. The minimum atomic E-state index is 0.0478. The summed E-state index contributed by atoms with van der Waals surface area (Å²) >= 11 is 0. The number of rotatable bonds is 14. The van der Waals surface area contributed by atoms with Gasteiger partial charge >= 0.3 is 0 Å². The van der Waals surface area contributed by atoms with Gasteiger partial charge in [-0.15, -0.1) is 0 Å². The van der Waals surface area contributed by atoms with Crippen molar-refractivity contribution in [2.24, 2.45) is 0 Å². The van der Waals surface area contributed by atoms with E-state index in [9.17, 15) is 0 Å². The zero-order valence-electron chi connectivity index (χ0n) is 10.3. The predicted octanol–water partition coefficient (Wildman–Crippen LogP) is -0.572. The second kappa shape index (κ2) is 15.8. The van der Waals surface area contributed by atoms with Crippen LogP contribution >= 0.6 is 0 Å². The minimum Gasteiger partial charge on any atom is -0.394 e. The molecule has 0 rings (SSSR count). The van der Waals surface area contributed by atoms with Gasteiger partial charge in [0.15, 0.2) is 0 Å². The van der Waals surface area contributed by atoms with E-state index in [2.05, 4.69) is 0 Å². The van der Waals surface area contributed by atoms with E-state index in [-0.39, 0.29) is 13.2 Å². The molecule has 0 aromatic carbocycles. The molecule has 0 amide bonds. The van der Waals surface area contributed by atoms with Crippen molar-refractivity contribution in [1.82, 2.24) is 0 Å². The van der Waals surface area contributed by atoms with E-state index in [1.165, 1.54) is 0 Å². The second-order valence-electron chi connectivity index (χ2n) is 3.25. The number of ether oxygens (including phenoxy) is 4. The zero-order chi connectivity index (χ0) is 12.6. The molecule has 6 heteroatoms. The van der Waals surface area contributed by atoms with Gasteiger partial charge in [-0.25, -0.2) is 0 Å². The van der Waals surface area contributed by atoms with E-state index in [4.69, 9.17) is 29.2 Å². The van der Waals surface area contributed by atoms with Gasteiger partial charge in [-0.3, -0.25) is 0 Å². The Hall–Kier alpha value is -0.240. The summed E-state index contributed by atoms with van der Waals surface area (Å²) in [5, 5.41) is 16.9. The fraction of sp³-hybridized carbons (Fsp3) is 1.00. The Morgan fingerprint density at radius 2 is 0.824 bits per heavy atom. The molecule has 17 heavy (non-hydrogen) atoms. The Labute approximate surface area is 102 Å². The topological polar surface area (TPSA) is 77.4 Å². The molecule has 0 aliphatic heterocycles. The Bertz CT molecular complexity index is 119. The molecule has 0 aliphatic carbocycles. The van der Waals surface area contributed by atoms with E-state index in [0.717, 1.165) is 6.42 Å². The van der Waals surface area contributed by atoms with Crippen LogP contribution in [0.4, 0.5) is 0 Å². The highest BCUT2D eigenvalue weighted by Gasteiger charge is 1.92. The van der Waals surface area contributed by atoms with Crippen molar-refractivity contribution < 1.29 is 29.2 Å². The van der Waals surface area contributed by atoms with Crippen LogP contribution in [-0.4, -0.2) is 76.3 Å². The van der Waals surface area contributed by atoms with Crippen molar-refractivity contribution in [1.29, 1.82) is 0 Å². The average molecular weight is 252 g/mol. The highest BCUT2D eigenvalue weighted by molar-refractivity contribution is 4.37. The van der Waals surface area contributed by atoms with Crippen LogP contribution in [-0.2, 0) is 18.9 Å².